The molecule has 2 rings (SSSR count). The van der Waals surface area contributed by atoms with Crippen LogP contribution < -0.4 is 0 Å². The lowest BCUT2D eigenvalue weighted by Crippen LogP contribution is -2.25. The number of nitrogens with zero attached hydrogens (tertiary/aromatic N) is 1. The van der Waals surface area contributed by atoms with E-state index in [-0.39, 0.29) is 18.4 Å². The molecule has 0 saturated carbocycles. The van der Waals surface area contributed by atoms with Crippen LogP contribution in [0.5, 0.6) is 0 Å². The summed E-state index contributed by atoms with van der Waals surface area (Å²) in [5.74, 6) is -2.06. The smallest absolute Gasteiger partial charge is 0.310 e. The fraction of sp³-hybridized carbons (Fsp3) is 0.483. The van der Waals surface area contributed by atoms with E-state index in [0.29, 0.717) is 19.4 Å². The Bertz CT molecular complexity index is 967. The first-order valence-electron chi connectivity index (χ1n) is 12.5. The number of hydrogen-bond acceptors (Lipinski definition) is 4. The van der Waals surface area contributed by atoms with Gasteiger partial charge < -0.3 is 14.7 Å². The number of hydrogen-bond donors (Lipinski definition) is 1. The summed E-state index contributed by atoms with van der Waals surface area (Å²) in [4.78, 5) is 37.8. The van der Waals surface area contributed by atoms with Crippen LogP contribution in [0, 0.1) is 5.92 Å². The Balaban J connectivity index is 2.03. The fourth-order valence-corrected chi connectivity index (χ4v) is 4.00. The number of carbonyl (C=O) groups is 3. The van der Waals surface area contributed by atoms with Gasteiger partial charge in [0.1, 0.15) is 0 Å². The minimum atomic E-state index is -1.02. The van der Waals surface area contributed by atoms with E-state index < -0.39 is 17.9 Å². The second-order valence-electron chi connectivity index (χ2n) is 9.44. The third-order valence-electron chi connectivity index (χ3n) is 5.89. The lowest BCUT2D eigenvalue weighted by Gasteiger charge is -2.18. The summed E-state index contributed by atoms with van der Waals surface area (Å²) in [6.07, 6.45) is 4.70. The standard InChI is InChI=1S/C29H39NO5/c1-5-6-7-8-12-27(31)30(4)20-23-10-9-11-25(18-23)24-15-13-22(14-16-24)17-26(19-28(32)33)29(34)35-21(2)3/h9-11,13-16,18,21,26H,5-8,12,17,19-20H2,1-4H3,(H,32,33). The van der Waals surface area contributed by atoms with Gasteiger partial charge in [-0.2, -0.15) is 0 Å². The lowest BCUT2D eigenvalue weighted by atomic mass is 9.94. The van der Waals surface area contributed by atoms with E-state index in [1.807, 2.05) is 49.5 Å². The molecule has 0 spiro atoms. The monoisotopic (exact) mass is 481 g/mol. The van der Waals surface area contributed by atoms with Crippen LogP contribution in [0.3, 0.4) is 0 Å². The van der Waals surface area contributed by atoms with Gasteiger partial charge in [-0.1, -0.05) is 68.7 Å². The van der Waals surface area contributed by atoms with Gasteiger partial charge in [0.15, 0.2) is 0 Å². The van der Waals surface area contributed by atoms with Crippen LogP contribution in [0.15, 0.2) is 48.5 Å². The van der Waals surface area contributed by atoms with Crippen molar-refractivity contribution in [1.82, 2.24) is 4.90 Å². The Morgan fingerprint density at radius 1 is 0.943 bits per heavy atom. The van der Waals surface area contributed by atoms with E-state index in [1.54, 1.807) is 18.7 Å². The molecule has 0 bridgehead atoms. The predicted octanol–water partition coefficient (Wildman–Crippen LogP) is 5.87. The number of carboxylic acid groups (broad SMARTS) is 1. The summed E-state index contributed by atoms with van der Waals surface area (Å²) in [7, 11) is 1.85. The van der Waals surface area contributed by atoms with Crippen LogP contribution in [0.1, 0.15) is 70.4 Å². The number of carboxylic acids is 1. The number of aliphatic carboxylic acids is 1. The van der Waals surface area contributed by atoms with Gasteiger partial charge in [-0.15, -0.1) is 0 Å². The quantitative estimate of drug-likeness (QED) is 0.270. The van der Waals surface area contributed by atoms with Crippen molar-refractivity contribution in [1.29, 1.82) is 0 Å². The van der Waals surface area contributed by atoms with Gasteiger partial charge in [0.25, 0.3) is 0 Å². The van der Waals surface area contributed by atoms with Gasteiger partial charge in [0, 0.05) is 20.0 Å². The molecular formula is C29H39NO5. The zero-order chi connectivity index (χ0) is 25.8. The average molecular weight is 482 g/mol. The second kappa shape index (κ2) is 14.3. The zero-order valence-corrected chi connectivity index (χ0v) is 21.5. The highest BCUT2D eigenvalue weighted by atomic mass is 16.5. The molecule has 1 N–H and O–H groups in total. The molecule has 190 valence electrons. The Kier molecular flexibility index (Phi) is 11.5. The highest BCUT2D eigenvalue weighted by Crippen LogP contribution is 2.24. The third kappa shape index (κ3) is 9.93. The van der Waals surface area contributed by atoms with Crippen LogP contribution in [-0.4, -0.2) is 41.0 Å². The third-order valence-corrected chi connectivity index (χ3v) is 5.89. The summed E-state index contributed by atoms with van der Waals surface area (Å²) < 4.78 is 5.24. The maximum Gasteiger partial charge on any atom is 0.310 e. The van der Waals surface area contributed by atoms with Crippen molar-refractivity contribution >= 4 is 17.8 Å². The highest BCUT2D eigenvalue weighted by molar-refractivity contribution is 5.79. The Morgan fingerprint density at radius 3 is 2.29 bits per heavy atom. The maximum absolute atomic E-state index is 12.4. The second-order valence-corrected chi connectivity index (χ2v) is 9.44. The van der Waals surface area contributed by atoms with Gasteiger partial charge in [-0.25, -0.2) is 0 Å². The number of carbonyl (C=O) groups excluding carboxylic acids is 2. The largest absolute Gasteiger partial charge is 0.481 e. The zero-order valence-electron chi connectivity index (χ0n) is 21.5. The Morgan fingerprint density at radius 2 is 1.66 bits per heavy atom. The maximum atomic E-state index is 12.4. The molecule has 0 aromatic heterocycles. The number of benzene rings is 2. The van der Waals surface area contributed by atoms with Crippen LogP contribution in [0.25, 0.3) is 11.1 Å². The minimum Gasteiger partial charge on any atom is -0.481 e. The first kappa shape index (κ1) is 28.1. The summed E-state index contributed by atoms with van der Waals surface area (Å²) >= 11 is 0. The SMILES string of the molecule is CCCCCCC(=O)N(C)Cc1cccc(-c2ccc(CC(CC(=O)O)C(=O)OC(C)C)cc2)c1. The van der Waals surface area contributed by atoms with Crippen LogP contribution in [0.4, 0.5) is 0 Å². The molecule has 6 nitrogen and oxygen atoms in total. The average Bonchev–Trinajstić information content (AvgIpc) is 2.81. The summed E-state index contributed by atoms with van der Waals surface area (Å²) in [6, 6.07) is 15.9. The molecule has 35 heavy (non-hydrogen) atoms. The van der Waals surface area contributed by atoms with Gasteiger partial charge in [0.05, 0.1) is 18.4 Å². The van der Waals surface area contributed by atoms with Gasteiger partial charge in [0.2, 0.25) is 5.91 Å². The fourth-order valence-electron chi connectivity index (χ4n) is 4.00. The van der Waals surface area contributed by atoms with Crippen LogP contribution >= 0.6 is 0 Å². The molecule has 6 heteroatoms. The summed E-state index contributed by atoms with van der Waals surface area (Å²) in [5.41, 5.74) is 4.00. The van der Waals surface area contributed by atoms with E-state index in [4.69, 9.17) is 4.74 Å². The molecule has 0 saturated heterocycles. The number of amides is 1. The first-order valence-corrected chi connectivity index (χ1v) is 12.5. The van der Waals surface area contributed by atoms with E-state index in [2.05, 4.69) is 13.0 Å². The molecule has 1 unspecified atom stereocenters. The van der Waals surface area contributed by atoms with E-state index >= 15 is 0 Å². The van der Waals surface area contributed by atoms with Crippen molar-refractivity contribution < 1.29 is 24.2 Å². The topological polar surface area (TPSA) is 83.9 Å². The van der Waals surface area contributed by atoms with Gasteiger partial charge in [-0.05, 0) is 55.0 Å². The van der Waals surface area contributed by atoms with Crippen molar-refractivity contribution in [2.45, 2.75) is 78.4 Å². The van der Waals surface area contributed by atoms with Crippen molar-refractivity contribution in [3.63, 3.8) is 0 Å². The Labute approximate surface area is 209 Å². The van der Waals surface area contributed by atoms with Crippen molar-refractivity contribution in [3.8, 4) is 11.1 Å². The van der Waals surface area contributed by atoms with E-state index in [1.165, 1.54) is 6.42 Å². The van der Waals surface area contributed by atoms with Gasteiger partial charge in [-0.3, -0.25) is 14.4 Å². The molecule has 0 aliphatic heterocycles. The Hall–Kier alpha value is -3.15. The summed E-state index contributed by atoms with van der Waals surface area (Å²) in [6.45, 7) is 6.22. The molecule has 0 fully saturated rings. The van der Waals surface area contributed by atoms with Crippen LogP contribution in [0.2, 0.25) is 0 Å². The molecule has 2 aromatic rings. The minimum absolute atomic E-state index is 0.169. The van der Waals surface area contributed by atoms with Crippen molar-refractivity contribution in [3.05, 3.63) is 59.7 Å². The molecule has 2 aromatic carbocycles. The van der Waals surface area contributed by atoms with Crippen LogP contribution in [-0.2, 0) is 32.1 Å². The van der Waals surface area contributed by atoms with E-state index in [0.717, 1.165) is 41.5 Å². The van der Waals surface area contributed by atoms with Gasteiger partial charge >= 0.3 is 11.9 Å². The predicted molar refractivity (Wildman–Crippen MR) is 138 cm³/mol. The molecule has 0 aliphatic rings. The molecule has 1 atom stereocenters. The van der Waals surface area contributed by atoms with Crippen molar-refractivity contribution in [2.24, 2.45) is 5.92 Å². The lowest BCUT2D eigenvalue weighted by molar-refractivity contribution is -0.156. The van der Waals surface area contributed by atoms with E-state index in [9.17, 15) is 19.5 Å². The molecule has 0 heterocycles. The normalized spacial score (nSPS) is 11.8. The summed E-state index contributed by atoms with van der Waals surface area (Å²) in [5, 5.41) is 9.19. The molecule has 1 amide bonds. The molecule has 0 aliphatic carbocycles. The number of esters is 1. The molecular weight excluding hydrogens is 442 g/mol. The number of unbranched alkanes of at least 4 members (excludes halogenated alkanes) is 3. The first-order chi connectivity index (χ1) is 16.7. The van der Waals surface area contributed by atoms with Crippen molar-refractivity contribution in [2.75, 3.05) is 7.05 Å². The number of rotatable bonds is 14. The number of ether oxygens (including phenoxy) is 1. The highest BCUT2D eigenvalue weighted by Gasteiger charge is 2.24. The molecule has 0 radical (unpaired) electrons.